The summed E-state index contributed by atoms with van der Waals surface area (Å²) in [6, 6.07) is 6.26. The van der Waals surface area contributed by atoms with Gasteiger partial charge < -0.3 is 0 Å². The zero-order valence-corrected chi connectivity index (χ0v) is 6.77. The Labute approximate surface area is 71.9 Å². The molecule has 1 aromatic heterocycles. The number of aromatic nitrogens is 1. The number of pyridine rings is 1. The van der Waals surface area contributed by atoms with Crippen LogP contribution in [0.4, 0.5) is 0 Å². The van der Waals surface area contributed by atoms with Crippen LogP contribution in [0.25, 0.3) is 0 Å². The van der Waals surface area contributed by atoms with Crippen molar-refractivity contribution in [2.45, 2.75) is 18.8 Å². The zero-order valence-electron chi connectivity index (χ0n) is 6.77. The molecule has 1 saturated carbocycles. The van der Waals surface area contributed by atoms with Crippen molar-refractivity contribution >= 4 is 0 Å². The summed E-state index contributed by atoms with van der Waals surface area (Å²) in [5.74, 6) is 1.21. The van der Waals surface area contributed by atoms with Crippen molar-refractivity contribution in [1.29, 1.82) is 5.26 Å². The van der Waals surface area contributed by atoms with Crippen LogP contribution in [0.5, 0.6) is 0 Å². The molecule has 1 fully saturated rings. The molecule has 0 radical (unpaired) electrons. The first-order chi connectivity index (χ1) is 5.92. The predicted molar refractivity (Wildman–Crippen MR) is 45.3 cm³/mol. The Balaban J connectivity index is 2.03. The van der Waals surface area contributed by atoms with E-state index in [1.54, 1.807) is 6.20 Å². The first kappa shape index (κ1) is 7.30. The van der Waals surface area contributed by atoms with E-state index in [1.165, 1.54) is 12.0 Å². The molecule has 1 heterocycles. The molecule has 0 spiro atoms. The quantitative estimate of drug-likeness (QED) is 0.660. The molecule has 0 N–H and O–H groups in total. The van der Waals surface area contributed by atoms with Crippen LogP contribution in [-0.2, 0) is 0 Å². The lowest BCUT2D eigenvalue weighted by atomic mass is 10.1. The molecule has 0 amide bonds. The lowest BCUT2D eigenvalue weighted by Crippen LogP contribution is -1.83. The highest BCUT2D eigenvalue weighted by molar-refractivity contribution is 5.22. The van der Waals surface area contributed by atoms with Gasteiger partial charge in [-0.15, -0.1) is 0 Å². The summed E-state index contributed by atoms with van der Waals surface area (Å²) in [5.41, 5.74) is 1.29. The van der Waals surface area contributed by atoms with E-state index in [9.17, 15) is 0 Å². The van der Waals surface area contributed by atoms with Gasteiger partial charge in [-0.1, -0.05) is 6.07 Å². The van der Waals surface area contributed by atoms with Crippen molar-refractivity contribution in [1.82, 2.24) is 4.98 Å². The van der Waals surface area contributed by atoms with Gasteiger partial charge in [0, 0.05) is 18.8 Å². The maximum absolute atomic E-state index is 8.48. The van der Waals surface area contributed by atoms with Crippen LogP contribution in [0.2, 0.25) is 0 Å². The van der Waals surface area contributed by atoms with Crippen molar-refractivity contribution in [3.05, 3.63) is 30.1 Å². The molecule has 0 bridgehead atoms. The normalized spacial score (nSPS) is 26.2. The molecule has 0 saturated heterocycles. The van der Waals surface area contributed by atoms with E-state index in [0.717, 1.165) is 0 Å². The summed E-state index contributed by atoms with van der Waals surface area (Å²) in [6.45, 7) is 0. The molecule has 1 aromatic rings. The van der Waals surface area contributed by atoms with Crippen LogP contribution in [0, 0.1) is 17.2 Å². The minimum absolute atomic E-state index is 0.596. The van der Waals surface area contributed by atoms with Gasteiger partial charge in [-0.05, 0) is 29.9 Å². The van der Waals surface area contributed by atoms with Gasteiger partial charge >= 0.3 is 0 Å². The molecule has 0 unspecified atom stereocenters. The average molecular weight is 158 g/mol. The molecule has 12 heavy (non-hydrogen) atoms. The SMILES string of the molecule is N#CC[C@@H]1C[C@H]1c1cccnc1. The molecular formula is C10H10N2. The first-order valence-electron chi connectivity index (χ1n) is 4.18. The van der Waals surface area contributed by atoms with E-state index in [2.05, 4.69) is 17.1 Å². The molecule has 0 aromatic carbocycles. The zero-order chi connectivity index (χ0) is 8.39. The van der Waals surface area contributed by atoms with Crippen molar-refractivity contribution < 1.29 is 0 Å². The van der Waals surface area contributed by atoms with Crippen LogP contribution >= 0.6 is 0 Å². The first-order valence-corrected chi connectivity index (χ1v) is 4.18. The van der Waals surface area contributed by atoms with Crippen LogP contribution in [-0.4, -0.2) is 4.98 Å². The van der Waals surface area contributed by atoms with Crippen molar-refractivity contribution in [2.24, 2.45) is 5.92 Å². The second-order valence-electron chi connectivity index (χ2n) is 3.25. The second-order valence-corrected chi connectivity index (χ2v) is 3.25. The summed E-state index contributed by atoms with van der Waals surface area (Å²) in [5, 5.41) is 8.48. The minimum Gasteiger partial charge on any atom is -0.264 e. The molecule has 2 rings (SSSR count). The van der Waals surface area contributed by atoms with Crippen molar-refractivity contribution in [3.63, 3.8) is 0 Å². The number of nitrogens with zero attached hydrogens (tertiary/aromatic N) is 2. The Morgan fingerprint density at radius 3 is 3.25 bits per heavy atom. The van der Waals surface area contributed by atoms with Gasteiger partial charge in [0.05, 0.1) is 6.07 Å². The van der Waals surface area contributed by atoms with E-state index >= 15 is 0 Å². The third-order valence-corrected chi connectivity index (χ3v) is 2.39. The summed E-state index contributed by atoms with van der Waals surface area (Å²) < 4.78 is 0. The van der Waals surface area contributed by atoms with E-state index < -0.39 is 0 Å². The number of rotatable bonds is 2. The molecule has 1 aliphatic rings. The Morgan fingerprint density at radius 2 is 2.58 bits per heavy atom. The van der Waals surface area contributed by atoms with E-state index in [0.29, 0.717) is 18.3 Å². The van der Waals surface area contributed by atoms with Gasteiger partial charge in [0.1, 0.15) is 0 Å². The van der Waals surface area contributed by atoms with Gasteiger partial charge in [-0.2, -0.15) is 5.26 Å². The van der Waals surface area contributed by atoms with E-state index in [1.807, 2.05) is 12.3 Å². The number of nitriles is 1. The standard InChI is InChI=1S/C10H10N2/c11-4-3-8-6-10(8)9-2-1-5-12-7-9/h1-2,5,7-8,10H,3,6H2/t8-,10-/m1/s1. The summed E-state index contributed by atoms with van der Waals surface area (Å²) in [7, 11) is 0. The highest BCUT2D eigenvalue weighted by Gasteiger charge is 2.37. The third-order valence-electron chi connectivity index (χ3n) is 2.39. The Hall–Kier alpha value is -1.36. The lowest BCUT2D eigenvalue weighted by molar-refractivity contribution is 0.826. The van der Waals surface area contributed by atoms with Crippen molar-refractivity contribution in [2.75, 3.05) is 0 Å². The molecule has 1 aliphatic carbocycles. The topological polar surface area (TPSA) is 36.7 Å². The fourth-order valence-corrected chi connectivity index (χ4v) is 1.59. The largest absolute Gasteiger partial charge is 0.264 e. The van der Waals surface area contributed by atoms with Gasteiger partial charge in [0.25, 0.3) is 0 Å². The molecule has 2 atom stereocenters. The predicted octanol–water partition coefficient (Wildman–Crippen LogP) is 2.10. The van der Waals surface area contributed by atoms with Crippen LogP contribution in [0.1, 0.15) is 24.3 Å². The highest BCUT2D eigenvalue weighted by Crippen LogP contribution is 2.48. The van der Waals surface area contributed by atoms with Gasteiger partial charge in [0.15, 0.2) is 0 Å². The van der Waals surface area contributed by atoms with Gasteiger partial charge in [0.2, 0.25) is 0 Å². The average Bonchev–Trinajstić information content (AvgIpc) is 2.87. The Morgan fingerprint density at radius 1 is 1.67 bits per heavy atom. The Kier molecular flexibility index (Phi) is 1.79. The van der Waals surface area contributed by atoms with Gasteiger partial charge in [-0.25, -0.2) is 0 Å². The van der Waals surface area contributed by atoms with Gasteiger partial charge in [-0.3, -0.25) is 4.98 Å². The monoisotopic (exact) mass is 158 g/mol. The fraction of sp³-hybridized carbons (Fsp3) is 0.400. The number of hydrogen-bond donors (Lipinski definition) is 0. The smallest absolute Gasteiger partial charge is 0.0624 e. The summed E-state index contributed by atoms with van der Waals surface area (Å²) in [4.78, 5) is 4.06. The van der Waals surface area contributed by atoms with E-state index in [-0.39, 0.29) is 0 Å². The van der Waals surface area contributed by atoms with Crippen LogP contribution in [0.15, 0.2) is 24.5 Å². The molecule has 2 nitrogen and oxygen atoms in total. The molecule has 60 valence electrons. The minimum atomic E-state index is 0.596. The third kappa shape index (κ3) is 1.31. The Bertz CT molecular complexity index is 299. The maximum Gasteiger partial charge on any atom is 0.0624 e. The maximum atomic E-state index is 8.48. The fourth-order valence-electron chi connectivity index (χ4n) is 1.59. The lowest BCUT2D eigenvalue weighted by Gasteiger charge is -1.94. The van der Waals surface area contributed by atoms with Crippen molar-refractivity contribution in [3.8, 4) is 6.07 Å². The van der Waals surface area contributed by atoms with Crippen LogP contribution in [0.3, 0.4) is 0 Å². The molecular weight excluding hydrogens is 148 g/mol. The highest BCUT2D eigenvalue weighted by atomic mass is 14.6. The second kappa shape index (κ2) is 2.94. The summed E-state index contributed by atoms with van der Waals surface area (Å²) in [6.07, 6.45) is 5.55. The molecule has 0 aliphatic heterocycles. The molecule has 2 heteroatoms. The van der Waals surface area contributed by atoms with E-state index in [4.69, 9.17) is 5.26 Å². The van der Waals surface area contributed by atoms with Crippen LogP contribution < -0.4 is 0 Å². The summed E-state index contributed by atoms with van der Waals surface area (Å²) >= 11 is 0. The number of hydrogen-bond acceptors (Lipinski definition) is 2.